The first-order valence-corrected chi connectivity index (χ1v) is 11.8. The van der Waals surface area contributed by atoms with Gasteiger partial charge in [0.25, 0.3) is 11.7 Å². The Hall–Kier alpha value is -2.90. The van der Waals surface area contributed by atoms with Gasteiger partial charge in [0.15, 0.2) is 0 Å². The Morgan fingerprint density at radius 2 is 1.87 bits per heavy atom. The van der Waals surface area contributed by atoms with Gasteiger partial charge in [-0.05, 0) is 40.9 Å². The lowest BCUT2D eigenvalue weighted by atomic mass is 9.99. The van der Waals surface area contributed by atoms with Crippen LogP contribution in [0.1, 0.15) is 35.2 Å². The number of hydrogen-bond acceptors (Lipinski definition) is 6. The zero-order chi connectivity index (χ0) is 22.0. The summed E-state index contributed by atoms with van der Waals surface area (Å²) >= 11 is 2.99. The topological polar surface area (TPSA) is 66.8 Å². The molecule has 0 saturated carbocycles. The predicted molar refractivity (Wildman–Crippen MR) is 123 cm³/mol. The number of carbonyl (C=O) groups is 2. The van der Waals surface area contributed by atoms with Crippen molar-refractivity contribution in [3.05, 3.63) is 80.2 Å². The Morgan fingerprint density at radius 3 is 2.55 bits per heavy atom. The number of ketones is 1. The molecule has 1 fully saturated rings. The van der Waals surface area contributed by atoms with E-state index in [9.17, 15) is 14.7 Å². The molecule has 0 bridgehead atoms. The molecule has 4 rings (SSSR count). The molecular weight excluding hydrogens is 430 g/mol. The number of likely N-dealkylation sites (tertiary alicyclic amines) is 1. The summed E-state index contributed by atoms with van der Waals surface area (Å²) in [7, 11) is 0. The first-order valence-electron chi connectivity index (χ1n) is 10.0. The van der Waals surface area contributed by atoms with Crippen molar-refractivity contribution in [3.63, 3.8) is 0 Å². The fourth-order valence-corrected chi connectivity index (χ4v) is 5.06. The second kappa shape index (κ2) is 9.08. The summed E-state index contributed by atoms with van der Waals surface area (Å²) in [5, 5.41) is 15.0. The molecule has 3 heterocycles. The molecule has 0 aliphatic carbocycles. The van der Waals surface area contributed by atoms with Crippen LogP contribution in [-0.4, -0.2) is 28.3 Å². The lowest BCUT2D eigenvalue weighted by molar-refractivity contribution is -0.140. The van der Waals surface area contributed by atoms with Crippen LogP contribution in [-0.2, 0) is 16.1 Å². The van der Waals surface area contributed by atoms with Crippen LogP contribution in [0.4, 0.5) is 0 Å². The van der Waals surface area contributed by atoms with Crippen molar-refractivity contribution >= 4 is 40.1 Å². The van der Waals surface area contributed by atoms with Gasteiger partial charge in [0.2, 0.25) is 0 Å². The average Bonchev–Trinajstić information content (AvgIpc) is 3.51. The summed E-state index contributed by atoms with van der Waals surface area (Å²) in [4.78, 5) is 29.3. The van der Waals surface area contributed by atoms with Gasteiger partial charge in [0, 0.05) is 15.3 Å². The highest BCUT2D eigenvalue weighted by atomic mass is 32.1. The molecule has 0 spiro atoms. The normalized spacial score (nSPS) is 18.2. The quantitative estimate of drug-likeness (QED) is 0.293. The van der Waals surface area contributed by atoms with Gasteiger partial charge in [-0.3, -0.25) is 9.59 Å². The Kier molecular flexibility index (Phi) is 6.25. The van der Waals surface area contributed by atoms with E-state index in [-0.39, 0.29) is 11.3 Å². The van der Waals surface area contributed by atoms with E-state index in [0.717, 1.165) is 9.75 Å². The van der Waals surface area contributed by atoms with E-state index in [0.29, 0.717) is 30.4 Å². The fraction of sp³-hybridized carbons (Fsp3) is 0.250. The van der Waals surface area contributed by atoms with Crippen molar-refractivity contribution in [3.8, 4) is 5.75 Å². The van der Waals surface area contributed by atoms with E-state index in [1.807, 2.05) is 41.1 Å². The van der Waals surface area contributed by atoms with Crippen LogP contribution in [0.3, 0.4) is 0 Å². The molecule has 1 saturated heterocycles. The molecule has 31 heavy (non-hydrogen) atoms. The number of amides is 1. The molecule has 1 N–H and O–H groups in total. The van der Waals surface area contributed by atoms with E-state index >= 15 is 0 Å². The second-order valence-corrected chi connectivity index (χ2v) is 9.77. The SMILES string of the molecule is CC(C)COc1cccc(/C(O)=C2/C(=O)C(=O)N(Cc3cccs3)C2c2cccs2)c1. The lowest BCUT2D eigenvalue weighted by Crippen LogP contribution is -2.28. The van der Waals surface area contributed by atoms with Crippen molar-refractivity contribution in [1.82, 2.24) is 4.90 Å². The minimum absolute atomic E-state index is 0.116. The summed E-state index contributed by atoms with van der Waals surface area (Å²) in [5.74, 6) is -0.473. The maximum atomic E-state index is 13.0. The van der Waals surface area contributed by atoms with Gasteiger partial charge in [-0.15, -0.1) is 22.7 Å². The number of aliphatic hydroxyl groups excluding tert-OH is 1. The minimum atomic E-state index is -0.666. The average molecular weight is 454 g/mol. The second-order valence-electron chi connectivity index (χ2n) is 7.75. The molecule has 7 heteroatoms. The number of hydrogen-bond donors (Lipinski definition) is 1. The van der Waals surface area contributed by atoms with Gasteiger partial charge in [-0.2, -0.15) is 0 Å². The van der Waals surface area contributed by atoms with Crippen LogP contribution >= 0.6 is 22.7 Å². The van der Waals surface area contributed by atoms with Crippen LogP contribution in [0.5, 0.6) is 5.75 Å². The number of Topliss-reactive ketones (excluding diaryl/α,β-unsaturated/α-hetero) is 1. The predicted octanol–water partition coefficient (Wildman–Crippen LogP) is 5.47. The van der Waals surface area contributed by atoms with Crippen molar-refractivity contribution in [1.29, 1.82) is 0 Å². The van der Waals surface area contributed by atoms with Crippen LogP contribution in [0.25, 0.3) is 5.76 Å². The van der Waals surface area contributed by atoms with Gasteiger partial charge in [0.05, 0.1) is 18.7 Å². The molecular formula is C24H23NO4S2. The van der Waals surface area contributed by atoms with Gasteiger partial charge in [0.1, 0.15) is 17.6 Å². The number of nitrogens with zero attached hydrogens (tertiary/aromatic N) is 1. The maximum Gasteiger partial charge on any atom is 0.296 e. The number of aliphatic hydroxyl groups is 1. The summed E-state index contributed by atoms with van der Waals surface area (Å²) in [6.07, 6.45) is 0. The fourth-order valence-electron chi connectivity index (χ4n) is 3.51. The highest BCUT2D eigenvalue weighted by Gasteiger charge is 2.46. The number of benzene rings is 1. The number of carbonyl (C=O) groups excluding carboxylic acids is 2. The van der Waals surface area contributed by atoms with E-state index in [2.05, 4.69) is 13.8 Å². The molecule has 1 aliphatic rings. The largest absolute Gasteiger partial charge is 0.507 e. The third kappa shape index (κ3) is 4.43. The third-order valence-electron chi connectivity index (χ3n) is 4.95. The van der Waals surface area contributed by atoms with E-state index < -0.39 is 17.7 Å². The molecule has 2 aromatic heterocycles. The van der Waals surface area contributed by atoms with Crippen LogP contribution < -0.4 is 4.74 Å². The zero-order valence-electron chi connectivity index (χ0n) is 17.3. The Labute approximate surface area is 189 Å². The van der Waals surface area contributed by atoms with Gasteiger partial charge in [-0.1, -0.05) is 38.1 Å². The van der Waals surface area contributed by atoms with E-state index in [1.165, 1.54) is 22.7 Å². The molecule has 1 atom stereocenters. The third-order valence-corrected chi connectivity index (χ3v) is 6.74. The Morgan fingerprint density at radius 1 is 1.10 bits per heavy atom. The lowest BCUT2D eigenvalue weighted by Gasteiger charge is -2.23. The molecule has 1 unspecified atom stereocenters. The summed E-state index contributed by atoms with van der Waals surface area (Å²) in [6.45, 7) is 4.98. The summed E-state index contributed by atoms with van der Waals surface area (Å²) in [5.41, 5.74) is 0.571. The molecule has 160 valence electrons. The maximum absolute atomic E-state index is 13.0. The van der Waals surface area contributed by atoms with Crippen molar-refractivity contribution in [2.24, 2.45) is 5.92 Å². The van der Waals surface area contributed by atoms with Crippen LogP contribution in [0.15, 0.2) is 64.9 Å². The smallest absolute Gasteiger partial charge is 0.296 e. The first-order chi connectivity index (χ1) is 15.0. The summed E-state index contributed by atoms with van der Waals surface area (Å²) in [6, 6.07) is 14.0. The van der Waals surface area contributed by atoms with E-state index in [4.69, 9.17) is 4.74 Å². The van der Waals surface area contributed by atoms with Crippen molar-refractivity contribution in [2.75, 3.05) is 6.61 Å². The Bertz CT molecular complexity index is 1100. The van der Waals surface area contributed by atoms with Crippen LogP contribution in [0, 0.1) is 5.92 Å². The first kappa shape index (κ1) is 21.3. The molecule has 1 aliphatic heterocycles. The number of ether oxygens (including phenoxy) is 1. The number of rotatable bonds is 7. The zero-order valence-corrected chi connectivity index (χ0v) is 18.9. The van der Waals surface area contributed by atoms with Crippen molar-refractivity contribution in [2.45, 2.75) is 26.4 Å². The van der Waals surface area contributed by atoms with Crippen molar-refractivity contribution < 1.29 is 19.4 Å². The van der Waals surface area contributed by atoms with Crippen LogP contribution in [0.2, 0.25) is 0 Å². The minimum Gasteiger partial charge on any atom is -0.507 e. The number of thiophene rings is 2. The van der Waals surface area contributed by atoms with Gasteiger partial charge < -0.3 is 14.7 Å². The monoisotopic (exact) mass is 453 g/mol. The molecule has 1 aromatic carbocycles. The van der Waals surface area contributed by atoms with Gasteiger partial charge >= 0.3 is 0 Å². The molecule has 5 nitrogen and oxygen atoms in total. The van der Waals surface area contributed by atoms with E-state index in [1.54, 1.807) is 23.1 Å². The molecule has 0 radical (unpaired) electrons. The Balaban J connectivity index is 1.76. The standard InChI is InChI=1S/C24H23NO4S2/c1-15(2)14-29-17-7-3-6-16(12-17)22(26)20-21(19-9-5-11-31-19)25(24(28)23(20)27)13-18-8-4-10-30-18/h3-12,15,21,26H,13-14H2,1-2H3/b22-20-. The summed E-state index contributed by atoms with van der Waals surface area (Å²) < 4.78 is 5.77. The highest BCUT2D eigenvalue weighted by molar-refractivity contribution is 7.10. The molecule has 1 amide bonds. The highest BCUT2D eigenvalue weighted by Crippen LogP contribution is 2.42. The molecule has 3 aromatic rings. The van der Waals surface area contributed by atoms with Gasteiger partial charge in [-0.25, -0.2) is 0 Å².